The van der Waals surface area contributed by atoms with Crippen LogP contribution in [0.2, 0.25) is 0 Å². The van der Waals surface area contributed by atoms with Crippen LogP contribution in [0.15, 0.2) is 60.8 Å². The third-order valence-corrected chi connectivity index (χ3v) is 6.67. The second-order valence-electron chi connectivity index (χ2n) is 9.32. The number of anilines is 1. The third-order valence-electron chi connectivity index (χ3n) is 6.67. The summed E-state index contributed by atoms with van der Waals surface area (Å²) < 4.78 is 46.1. The summed E-state index contributed by atoms with van der Waals surface area (Å²) >= 11 is 0. The molecule has 0 unspecified atom stereocenters. The molecule has 39 heavy (non-hydrogen) atoms. The highest BCUT2D eigenvalue weighted by molar-refractivity contribution is 6.04. The van der Waals surface area contributed by atoms with Crippen LogP contribution in [0.25, 0.3) is 10.9 Å². The molecule has 0 radical (unpaired) electrons. The van der Waals surface area contributed by atoms with Crippen molar-refractivity contribution in [1.82, 2.24) is 19.8 Å². The molecule has 2 N–H and O–H groups in total. The van der Waals surface area contributed by atoms with E-state index in [0.29, 0.717) is 41.7 Å². The molecule has 0 bridgehead atoms. The number of aromatic nitrogens is 2. The Bertz CT molecular complexity index is 1540. The SMILES string of the molecule is Cc1cc(Oc2ccc3c(c2)cc(C(=O)N2CCNCC2)n3C)ncc1NC(=O)c1ccc(C(F)(F)F)cc1. The number of pyridine rings is 1. The molecule has 0 aliphatic carbocycles. The van der Waals surface area contributed by atoms with Crippen LogP contribution < -0.4 is 15.4 Å². The van der Waals surface area contributed by atoms with E-state index in [1.807, 2.05) is 34.7 Å². The van der Waals surface area contributed by atoms with Crippen LogP contribution in [0.3, 0.4) is 0 Å². The summed E-state index contributed by atoms with van der Waals surface area (Å²) in [6.45, 7) is 4.64. The molecule has 1 saturated heterocycles. The molecule has 4 aromatic rings. The van der Waals surface area contributed by atoms with Crippen molar-refractivity contribution in [2.24, 2.45) is 7.05 Å². The number of alkyl halides is 3. The minimum atomic E-state index is -4.47. The van der Waals surface area contributed by atoms with Crippen LogP contribution >= 0.6 is 0 Å². The minimum absolute atomic E-state index is 0.0103. The lowest BCUT2D eigenvalue weighted by molar-refractivity contribution is -0.137. The smallest absolute Gasteiger partial charge is 0.416 e. The number of nitrogens with zero attached hydrogens (tertiary/aromatic N) is 3. The Balaban J connectivity index is 1.28. The normalized spacial score (nSPS) is 13.9. The van der Waals surface area contributed by atoms with Gasteiger partial charge in [0.1, 0.15) is 11.4 Å². The van der Waals surface area contributed by atoms with E-state index in [9.17, 15) is 22.8 Å². The number of amides is 2. The van der Waals surface area contributed by atoms with E-state index in [1.165, 1.54) is 6.20 Å². The number of nitrogens with one attached hydrogen (secondary N) is 2. The van der Waals surface area contributed by atoms with Gasteiger partial charge in [-0.1, -0.05) is 0 Å². The van der Waals surface area contributed by atoms with Crippen molar-refractivity contribution in [3.8, 4) is 11.6 Å². The van der Waals surface area contributed by atoms with Crippen molar-refractivity contribution >= 4 is 28.4 Å². The fourth-order valence-corrected chi connectivity index (χ4v) is 4.47. The number of piperazine rings is 1. The predicted octanol–water partition coefficient (Wildman–Crippen LogP) is 4.99. The lowest BCUT2D eigenvalue weighted by atomic mass is 10.1. The molecular formula is C28H26F3N5O3. The highest BCUT2D eigenvalue weighted by atomic mass is 19.4. The molecule has 0 saturated carbocycles. The molecule has 8 nitrogen and oxygen atoms in total. The molecule has 1 fully saturated rings. The van der Waals surface area contributed by atoms with Gasteiger partial charge < -0.3 is 24.8 Å². The molecule has 2 aromatic carbocycles. The quantitative estimate of drug-likeness (QED) is 0.375. The predicted molar refractivity (Wildman–Crippen MR) is 140 cm³/mol. The Hall–Kier alpha value is -4.38. The average molecular weight is 538 g/mol. The van der Waals surface area contributed by atoms with E-state index in [0.717, 1.165) is 48.3 Å². The summed E-state index contributed by atoms with van der Waals surface area (Å²) in [5, 5.41) is 6.76. The molecule has 5 rings (SSSR count). The van der Waals surface area contributed by atoms with Crippen molar-refractivity contribution in [2.75, 3.05) is 31.5 Å². The number of rotatable bonds is 5. The zero-order valence-corrected chi connectivity index (χ0v) is 21.3. The van der Waals surface area contributed by atoms with Crippen molar-refractivity contribution < 1.29 is 27.5 Å². The highest BCUT2D eigenvalue weighted by Gasteiger charge is 2.30. The van der Waals surface area contributed by atoms with Crippen molar-refractivity contribution in [3.63, 3.8) is 0 Å². The number of hydrogen-bond donors (Lipinski definition) is 2. The van der Waals surface area contributed by atoms with E-state index in [1.54, 1.807) is 19.1 Å². The standard InChI is InChI=1S/C28H26F3N5O3/c1-17-13-25(33-16-22(17)34-26(37)18-3-5-20(6-4-18)28(29,30)31)39-21-7-8-23-19(14-21)15-24(35(23)2)27(38)36-11-9-32-10-12-36/h3-8,13-16,32H,9-12H2,1-2H3,(H,34,37). The van der Waals surface area contributed by atoms with Crippen LogP contribution in [0, 0.1) is 6.92 Å². The van der Waals surface area contributed by atoms with Gasteiger partial charge >= 0.3 is 6.18 Å². The summed E-state index contributed by atoms with van der Waals surface area (Å²) in [5.41, 5.74) is 1.83. The van der Waals surface area contributed by atoms with Crippen LogP contribution in [0.5, 0.6) is 11.6 Å². The third kappa shape index (κ3) is 5.58. The number of ether oxygens (including phenoxy) is 1. The topological polar surface area (TPSA) is 88.5 Å². The number of aryl methyl sites for hydroxylation is 2. The lowest BCUT2D eigenvalue weighted by Crippen LogP contribution is -2.46. The lowest BCUT2D eigenvalue weighted by Gasteiger charge is -2.27. The fourth-order valence-electron chi connectivity index (χ4n) is 4.47. The van der Waals surface area contributed by atoms with Crippen LogP contribution in [0.4, 0.5) is 18.9 Å². The number of halogens is 3. The monoisotopic (exact) mass is 537 g/mol. The molecule has 2 amide bonds. The van der Waals surface area contributed by atoms with E-state index in [4.69, 9.17) is 4.74 Å². The molecule has 11 heteroatoms. The molecule has 1 aliphatic heterocycles. The maximum absolute atomic E-state index is 13.0. The number of carbonyl (C=O) groups excluding carboxylic acids is 2. The van der Waals surface area contributed by atoms with Gasteiger partial charge in [0.2, 0.25) is 5.88 Å². The Morgan fingerprint density at radius 1 is 1.03 bits per heavy atom. The van der Waals surface area contributed by atoms with Crippen LogP contribution in [0.1, 0.15) is 32.0 Å². The number of carbonyl (C=O) groups is 2. The van der Waals surface area contributed by atoms with E-state index >= 15 is 0 Å². The van der Waals surface area contributed by atoms with Crippen molar-refractivity contribution in [1.29, 1.82) is 0 Å². The molecule has 0 atom stereocenters. The fraction of sp³-hybridized carbons (Fsp3) is 0.250. The Morgan fingerprint density at radius 2 is 1.74 bits per heavy atom. The second kappa shape index (κ2) is 10.4. The van der Waals surface area contributed by atoms with Crippen LogP contribution in [-0.4, -0.2) is 52.4 Å². The van der Waals surface area contributed by atoms with Gasteiger partial charge in [-0.05, 0) is 61.0 Å². The molecule has 0 spiro atoms. The van der Waals surface area contributed by atoms with Crippen molar-refractivity contribution in [3.05, 3.63) is 83.2 Å². The van der Waals surface area contributed by atoms with E-state index in [-0.39, 0.29) is 11.5 Å². The molecule has 2 aromatic heterocycles. The zero-order valence-electron chi connectivity index (χ0n) is 21.3. The summed E-state index contributed by atoms with van der Waals surface area (Å²) in [5.74, 6) is 0.266. The van der Waals surface area contributed by atoms with Gasteiger partial charge in [-0.25, -0.2) is 4.98 Å². The zero-order chi connectivity index (χ0) is 27.7. The summed E-state index contributed by atoms with van der Waals surface area (Å²) in [6, 6.07) is 13.0. The first-order valence-corrected chi connectivity index (χ1v) is 12.3. The Morgan fingerprint density at radius 3 is 2.41 bits per heavy atom. The highest BCUT2D eigenvalue weighted by Crippen LogP contribution is 2.30. The largest absolute Gasteiger partial charge is 0.439 e. The van der Waals surface area contributed by atoms with Gasteiger partial charge in [0.15, 0.2) is 0 Å². The summed E-state index contributed by atoms with van der Waals surface area (Å²) in [6.07, 6.45) is -3.04. The maximum Gasteiger partial charge on any atom is 0.416 e. The van der Waals surface area contributed by atoms with E-state index < -0.39 is 17.6 Å². The van der Waals surface area contributed by atoms with Gasteiger partial charge in [-0.3, -0.25) is 9.59 Å². The van der Waals surface area contributed by atoms with Gasteiger partial charge in [0.05, 0.1) is 17.4 Å². The summed E-state index contributed by atoms with van der Waals surface area (Å²) in [7, 11) is 1.86. The number of hydrogen-bond acceptors (Lipinski definition) is 5. The van der Waals surface area contributed by atoms with Gasteiger partial charge in [-0.15, -0.1) is 0 Å². The first kappa shape index (κ1) is 26.2. The average Bonchev–Trinajstić information content (AvgIpc) is 3.25. The number of benzene rings is 2. The molecule has 202 valence electrons. The number of fused-ring (bicyclic) bond motifs is 1. The van der Waals surface area contributed by atoms with Crippen LogP contribution in [-0.2, 0) is 13.2 Å². The first-order valence-electron chi connectivity index (χ1n) is 12.3. The summed E-state index contributed by atoms with van der Waals surface area (Å²) in [4.78, 5) is 31.6. The molecular weight excluding hydrogens is 511 g/mol. The minimum Gasteiger partial charge on any atom is -0.439 e. The Kier molecular flexibility index (Phi) is 7.00. The second-order valence-corrected chi connectivity index (χ2v) is 9.32. The van der Waals surface area contributed by atoms with E-state index in [2.05, 4.69) is 15.6 Å². The van der Waals surface area contributed by atoms with Gasteiger partial charge in [-0.2, -0.15) is 13.2 Å². The molecule has 1 aliphatic rings. The maximum atomic E-state index is 13.0. The van der Waals surface area contributed by atoms with Gasteiger partial charge in [0.25, 0.3) is 11.8 Å². The first-order chi connectivity index (χ1) is 18.6. The van der Waals surface area contributed by atoms with Gasteiger partial charge in [0, 0.05) is 55.8 Å². The Labute approximate surface area is 222 Å². The molecule has 3 heterocycles. The van der Waals surface area contributed by atoms with Crippen molar-refractivity contribution in [2.45, 2.75) is 13.1 Å².